The van der Waals surface area contributed by atoms with E-state index in [-0.39, 0.29) is 4.90 Å². The SMILES string of the molecule is CCOc1ccc(N(CC(=O)N/N=C(/C)c2cccc(Br)c2)S(=O)(=O)c2ccc(Cl)cc2)cc1. The molecule has 0 aliphatic heterocycles. The molecule has 1 amide bonds. The second kappa shape index (κ2) is 11.5. The van der Waals surface area contributed by atoms with E-state index in [2.05, 4.69) is 26.5 Å². The minimum atomic E-state index is -4.07. The molecule has 3 rings (SSSR count). The molecule has 0 saturated heterocycles. The van der Waals surface area contributed by atoms with Gasteiger partial charge in [0, 0.05) is 9.50 Å². The Labute approximate surface area is 212 Å². The van der Waals surface area contributed by atoms with Crippen molar-refractivity contribution in [3.05, 3.63) is 87.9 Å². The summed E-state index contributed by atoms with van der Waals surface area (Å²) in [6.45, 7) is 3.60. The molecular weight excluding hydrogens is 542 g/mol. The molecule has 0 unspecified atom stereocenters. The number of hydrazone groups is 1. The van der Waals surface area contributed by atoms with Gasteiger partial charge in [-0.1, -0.05) is 39.7 Å². The molecular formula is C24H23BrClN3O4S. The van der Waals surface area contributed by atoms with Crippen LogP contribution in [0, 0.1) is 0 Å². The van der Waals surface area contributed by atoms with Crippen LogP contribution in [0.2, 0.25) is 5.02 Å². The summed E-state index contributed by atoms with van der Waals surface area (Å²) < 4.78 is 34.2. The number of amides is 1. The number of carbonyl (C=O) groups is 1. The van der Waals surface area contributed by atoms with Crippen molar-refractivity contribution >= 4 is 54.9 Å². The zero-order valence-electron chi connectivity index (χ0n) is 18.5. The first-order chi connectivity index (χ1) is 16.2. The highest BCUT2D eigenvalue weighted by Crippen LogP contribution is 2.26. The minimum Gasteiger partial charge on any atom is -0.494 e. The van der Waals surface area contributed by atoms with Crippen LogP contribution < -0.4 is 14.5 Å². The van der Waals surface area contributed by atoms with Crippen molar-refractivity contribution in [2.24, 2.45) is 5.10 Å². The van der Waals surface area contributed by atoms with Crippen molar-refractivity contribution in [1.82, 2.24) is 5.43 Å². The number of nitrogens with one attached hydrogen (secondary N) is 1. The molecule has 0 aliphatic carbocycles. The summed E-state index contributed by atoms with van der Waals surface area (Å²) in [5.41, 5.74) is 4.14. The number of sulfonamides is 1. The molecule has 7 nitrogen and oxygen atoms in total. The van der Waals surface area contributed by atoms with Gasteiger partial charge in [-0.3, -0.25) is 9.10 Å². The molecule has 178 valence electrons. The number of benzene rings is 3. The summed E-state index contributed by atoms with van der Waals surface area (Å²) in [5.74, 6) is -0.00504. The number of nitrogens with zero attached hydrogens (tertiary/aromatic N) is 2. The third-order valence-corrected chi connectivity index (χ3v) is 7.25. The Morgan fingerprint density at radius 2 is 1.76 bits per heavy atom. The van der Waals surface area contributed by atoms with Gasteiger partial charge in [0.05, 0.1) is 22.9 Å². The largest absolute Gasteiger partial charge is 0.494 e. The normalized spacial score (nSPS) is 11.7. The van der Waals surface area contributed by atoms with Gasteiger partial charge in [-0.15, -0.1) is 0 Å². The molecule has 10 heteroatoms. The van der Waals surface area contributed by atoms with Crippen LogP contribution in [0.1, 0.15) is 19.4 Å². The molecule has 0 aliphatic rings. The molecule has 34 heavy (non-hydrogen) atoms. The van der Waals surface area contributed by atoms with Gasteiger partial charge in [-0.2, -0.15) is 5.10 Å². The summed E-state index contributed by atoms with van der Waals surface area (Å²) in [6.07, 6.45) is 0. The summed E-state index contributed by atoms with van der Waals surface area (Å²) in [6, 6.07) is 19.7. The second-order valence-corrected chi connectivity index (χ2v) is 10.3. The number of hydrogen-bond donors (Lipinski definition) is 1. The van der Waals surface area contributed by atoms with E-state index in [0.29, 0.717) is 28.8 Å². The van der Waals surface area contributed by atoms with Crippen LogP contribution >= 0.6 is 27.5 Å². The fourth-order valence-electron chi connectivity index (χ4n) is 3.01. The molecule has 0 bridgehead atoms. The van der Waals surface area contributed by atoms with Crippen LogP contribution in [0.25, 0.3) is 0 Å². The molecule has 0 radical (unpaired) electrons. The van der Waals surface area contributed by atoms with Crippen LogP contribution in [0.4, 0.5) is 5.69 Å². The maximum atomic E-state index is 13.4. The van der Waals surface area contributed by atoms with E-state index in [9.17, 15) is 13.2 Å². The Kier molecular flexibility index (Phi) is 8.71. The lowest BCUT2D eigenvalue weighted by Crippen LogP contribution is -2.39. The van der Waals surface area contributed by atoms with E-state index < -0.39 is 22.5 Å². The predicted molar refractivity (Wildman–Crippen MR) is 138 cm³/mol. The molecule has 0 fully saturated rings. The standard InChI is InChI=1S/C24H23BrClN3O4S/c1-3-33-22-11-9-21(10-12-22)29(34(31,32)23-13-7-20(26)8-14-23)16-24(30)28-27-17(2)18-5-4-6-19(25)15-18/h4-15H,3,16H2,1-2H3,(H,28,30)/b27-17-. The zero-order chi connectivity index (χ0) is 24.7. The van der Waals surface area contributed by atoms with Gasteiger partial charge in [-0.25, -0.2) is 13.8 Å². The Balaban J connectivity index is 1.88. The smallest absolute Gasteiger partial charge is 0.264 e. The molecule has 3 aromatic carbocycles. The fourth-order valence-corrected chi connectivity index (χ4v) is 4.96. The van der Waals surface area contributed by atoms with Gasteiger partial charge < -0.3 is 4.74 Å². The van der Waals surface area contributed by atoms with E-state index in [1.807, 2.05) is 31.2 Å². The minimum absolute atomic E-state index is 0.00685. The fraction of sp³-hybridized carbons (Fsp3) is 0.167. The topological polar surface area (TPSA) is 88.1 Å². The highest BCUT2D eigenvalue weighted by molar-refractivity contribution is 9.10. The van der Waals surface area contributed by atoms with E-state index in [4.69, 9.17) is 16.3 Å². The molecule has 0 saturated carbocycles. The second-order valence-electron chi connectivity index (χ2n) is 7.14. The number of hydrogen-bond acceptors (Lipinski definition) is 5. The first kappa shape index (κ1) is 25.7. The van der Waals surface area contributed by atoms with Gasteiger partial charge in [-0.05, 0) is 80.1 Å². The summed E-state index contributed by atoms with van der Waals surface area (Å²) in [4.78, 5) is 12.8. The summed E-state index contributed by atoms with van der Waals surface area (Å²) in [5, 5.41) is 4.53. The number of rotatable bonds is 9. The zero-order valence-corrected chi connectivity index (χ0v) is 21.7. The van der Waals surface area contributed by atoms with Crippen molar-refractivity contribution in [2.45, 2.75) is 18.7 Å². The van der Waals surface area contributed by atoms with Crippen LogP contribution in [-0.4, -0.2) is 33.2 Å². The van der Waals surface area contributed by atoms with Crippen molar-refractivity contribution in [1.29, 1.82) is 0 Å². The number of carbonyl (C=O) groups excluding carboxylic acids is 1. The van der Waals surface area contributed by atoms with E-state index >= 15 is 0 Å². The Hall–Kier alpha value is -2.88. The summed E-state index contributed by atoms with van der Waals surface area (Å²) in [7, 11) is -4.07. The number of halogens is 2. The molecule has 0 spiro atoms. The Morgan fingerprint density at radius 1 is 1.09 bits per heavy atom. The maximum Gasteiger partial charge on any atom is 0.264 e. The summed E-state index contributed by atoms with van der Waals surface area (Å²) >= 11 is 9.32. The molecule has 3 aromatic rings. The van der Waals surface area contributed by atoms with Crippen LogP contribution in [-0.2, 0) is 14.8 Å². The highest BCUT2D eigenvalue weighted by Gasteiger charge is 2.27. The Bertz CT molecular complexity index is 1280. The average Bonchev–Trinajstić information content (AvgIpc) is 2.82. The van der Waals surface area contributed by atoms with Gasteiger partial charge in [0.1, 0.15) is 12.3 Å². The quantitative estimate of drug-likeness (QED) is 0.285. The first-order valence-electron chi connectivity index (χ1n) is 10.3. The van der Waals surface area contributed by atoms with Gasteiger partial charge in [0.15, 0.2) is 0 Å². The lowest BCUT2D eigenvalue weighted by atomic mass is 10.1. The van der Waals surface area contributed by atoms with Gasteiger partial charge >= 0.3 is 0 Å². The number of ether oxygens (including phenoxy) is 1. The lowest BCUT2D eigenvalue weighted by molar-refractivity contribution is -0.119. The molecule has 1 N–H and O–H groups in total. The molecule has 0 atom stereocenters. The monoisotopic (exact) mass is 563 g/mol. The van der Waals surface area contributed by atoms with Crippen molar-refractivity contribution in [2.75, 3.05) is 17.5 Å². The molecule has 0 heterocycles. The van der Waals surface area contributed by atoms with Gasteiger partial charge in [0.25, 0.3) is 15.9 Å². The number of anilines is 1. The lowest BCUT2D eigenvalue weighted by Gasteiger charge is -2.24. The maximum absolute atomic E-state index is 13.4. The molecule has 0 aromatic heterocycles. The van der Waals surface area contributed by atoms with E-state index in [1.54, 1.807) is 31.2 Å². The Morgan fingerprint density at radius 3 is 2.38 bits per heavy atom. The van der Waals surface area contributed by atoms with Gasteiger partial charge in [0.2, 0.25) is 0 Å². The van der Waals surface area contributed by atoms with Crippen LogP contribution in [0.15, 0.2) is 87.3 Å². The first-order valence-corrected chi connectivity index (χ1v) is 12.9. The van der Waals surface area contributed by atoms with Crippen LogP contribution in [0.3, 0.4) is 0 Å². The van der Waals surface area contributed by atoms with E-state index in [1.165, 1.54) is 24.3 Å². The van der Waals surface area contributed by atoms with Crippen molar-refractivity contribution in [3.8, 4) is 5.75 Å². The third kappa shape index (κ3) is 6.59. The average molecular weight is 565 g/mol. The van der Waals surface area contributed by atoms with Crippen molar-refractivity contribution < 1.29 is 17.9 Å². The van der Waals surface area contributed by atoms with Crippen molar-refractivity contribution in [3.63, 3.8) is 0 Å². The van der Waals surface area contributed by atoms with E-state index in [0.717, 1.165) is 14.3 Å². The third-order valence-electron chi connectivity index (χ3n) is 4.72. The highest BCUT2D eigenvalue weighted by atomic mass is 79.9. The predicted octanol–water partition coefficient (Wildman–Crippen LogP) is 5.24. The van der Waals surface area contributed by atoms with Crippen LogP contribution in [0.5, 0.6) is 5.75 Å².